The minimum atomic E-state index is -0.0727. The number of unbranched alkanes of at least 4 members (excludes halogenated alkanes) is 3. The third kappa shape index (κ3) is 3.78. The van der Waals surface area contributed by atoms with Crippen LogP contribution in [0.4, 0.5) is 0 Å². The summed E-state index contributed by atoms with van der Waals surface area (Å²) in [6.45, 7) is 0.904. The molecule has 0 fully saturated rings. The van der Waals surface area contributed by atoms with Gasteiger partial charge >= 0.3 is 0 Å². The van der Waals surface area contributed by atoms with Crippen molar-refractivity contribution >= 4 is 16.8 Å². The summed E-state index contributed by atoms with van der Waals surface area (Å²) in [6, 6.07) is 9.45. The van der Waals surface area contributed by atoms with Crippen LogP contribution in [0.5, 0.6) is 0 Å². The average Bonchev–Trinajstić information content (AvgIpc) is 2.50. The molecule has 1 aromatic carbocycles. The van der Waals surface area contributed by atoms with Crippen LogP contribution in [0.1, 0.15) is 36.0 Å². The van der Waals surface area contributed by atoms with E-state index in [9.17, 15) is 4.79 Å². The first-order valence-corrected chi connectivity index (χ1v) is 7.06. The van der Waals surface area contributed by atoms with Crippen molar-refractivity contribution in [2.24, 2.45) is 0 Å². The summed E-state index contributed by atoms with van der Waals surface area (Å²) in [5.41, 5.74) is 1.37. The van der Waals surface area contributed by atoms with E-state index < -0.39 is 0 Å². The van der Waals surface area contributed by atoms with Crippen molar-refractivity contribution in [2.75, 3.05) is 13.2 Å². The number of nitrogens with zero attached hydrogens (tertiary/aromatic N) is 1. The highest BCUT2D eigenvalue weighted by Crippen LogP contribution is 2.15. The molecule has 2 aromatic rings. The summed E-state index contributed by atoms with van der Waals surface area (Å²) in [4.78, 5) is 16.4. The quantitative estimate of drug-likeness (QED) is 0.761. The maximum atomic E-state index is 12.2. The van der Waals surface area contributed by atoms with Crippen molar-refractivity contribution in [1.82, 2.24) is 10.3 Å². The number of rotatable bonds is 7. The topological polar surface area (TPSA) is 62.2 Å². The van der Waals surface area contributed by atoms with Gasteiger partial charge in [-0.2, -0.15) is 0 Å². The second-order valence-corrected chi connectivity index (χ2v) is 4.77. The number of carbonyl (C=O) groups excluding carboxylic acids is 1. The first-order valence-electron chi connectivity index (χ1n) is 7.06. The number of amides is 1. The molecule has 4 heteroatoms. The molecule has 0 bridgehead atoms. The van der Waals surface area contributed by atoms with Gasteiger partial charge in [0.05, 0.1) is 11.1 Å². The standard InChI is InChI=1S/C16H20N2O2/c19-12-4-2-1-3-10-18-16(20)14-9-5-7-13-8-6-11-17-15(13)14/h5-9,11,19H,1-4,10,12H2,(H,18,20). The Morgan fingerprint density at radius 1 is 1.10 bits per heavy atom. The molecular weight excluding hydrogens is 252 g/mol. The van der Waals surface area contributed by atoms with Crippen LogP contribution < -0.4 is 5.32 Å². The van der Waals surface area contributed by atoms with Crippen LogP contribution in [-0.4, -0.2) is 29.1 Å². The molecule has 1 heterocycles. The molecule has 0 spiro atoms. The van der Waals surface area contributed by atoms with Gasteiger partial charge in [-0.3, -0.25) is 9.78 Å². The minimum absolute atomic E-state index is 0.0727. The van der Waals surface area contributed by atoms with E-state index in [4.69, 9.17) is 5.11 Å². The molecule has 0 radical (unpaired) electrons. The van der Waals surface area contributed by atoms with Gasteiger partial charge in [-0.05, 0) is 25.0 Å². The SMILES string of the molecule is O=C(NCCCCCCO)c1cccc2cccnc12. The normalized spacial score (nSPS) is 10.7. The molecule has 1 amide bonds. The Morgan fingerprint density at radius 2 is 1.90 bits per heavy atom. The maximum Gasteiger partial charge on any atom is 0.253 e. The monoisotopic (exact) mass is 272 g/mol. The summed E-state index contributed by atoms with van der Waals surface area (Å²) >= 11 is 0. The van der Waals surface area contributed by atoms with Crippen LogP contribution in [0.15, 0.2) is 36.5 Å². The molecular formula is C16H20N2O2. The number of aliphatic hydroxyl groups is 1. The second-order valence-electron chi connectivity index (χ2n) is 4.77. The fraction of sp³-hybridized carbons (Fsp3) is 0.375. The third-order valence-corrected chi connectivity index (χ3v) is 3.25. The van der Waals surface area contributed by atoms with Crippen LogP contribution in [0.2, 0.25) is 0 Å². The summed E-state index contributed by atoms with van der Waals surface area (Å²) < 4.78 is 0. The fourth-order valence-corrected chi connectivity index (χ4v) is 2.17. The average molecular weight is 272 g/mol. The number of aromatic nitrogens is 1. The van der Waals surface area contributed by atoms with Gasteiger partial charge in [0, 0.05) is 24.7 Å². The molecule has 0 aliphatic rings. The maximum absolute atomic E-state index is 12.2. The van der Waals surface area contributed by atoms with Crippen LogP contribution >= 0.6 is 0 Å². The van der Waals surface area contributed by atoms with Crippen LogP contribution in [-0.2, 0) is 0 Å². The number of aliphatic hydroxyl groups excluding tert-OH is 1. The molecule has 0 saturated heterocycles. The molecule has 20 heavy (non-hydrogen) atoms. The highest BCUT2D eigenvalue weighted by Gasteiger charge is 2.09. The number of hydrogen-bond acceptors (Lipinski definition) is 3. The van der Waals surface area contributed by atoms with Gasteiger partial charge in [0.1, 0.15) is 0 Å². The Morgan fingerprint density at radius 3 is 2.75 bits per heavy atom. The summed E-state index contributed by atoms with van der Waals surface area (Å²) in [7, 11) is 0. The highest BCUT2D eigenvalue weighted by atomic mass is 16.2. The van der Waals surface area contributed by atoms with Gasteiger partial charge in [0.15, 0.2) is 0 Å². The number of hydrogen-bond donors (Lipinski definition) is 2. The summed E-state index contributed by atoms with van der Waals surface area (Å²) in [5.74, 6) is -0.0727. The molecule has 4 nitrogen and oxygen atoms in total. The lowest BCUT2D eigenvalue weighted by atomic mass is 10.1. The zero-order valence-corrected chi connectivity index (χ0v) is 11.5. The van der Waals surface area contributed by atoms with Gasteiger partial charge in [-0.1, -0.05) is 31.0 Å². The zero-order chi connectivity index (χ0) is 14.2. The lowest BCUT2D eigenvalue weighted by molar-refractivity contribution is 0.0954. The number of para-hydroxylation sites is 1. The van der Waals surface area contributed by atoms with Crippen molar-refractivity contribution in [3.63, 3.8) is 0 Å². The van der Waals surface area contributed by atoms with Crippen molar-refractivity contribution in [1.29, 1.82) is 0 Å². The fourth-order valence-electron chi connectivity index (χ4n) is 2.17. The van der Waals surface area contributed by atoms with E-state index in [1.54, 1.807) is 12.3 Å². The van der Waals surface area contributed by atoms with Crippen molar-refractivity contribution in [3.05, 3.63) is 42.1 Å². The molecule has 2 N–H and O–H groups in total. The predicted octanol–water partition coefficient (Wildman–Crippen LogP) is 2.52. The van der Waals surface area contributed by atoms with E-state index in [1.165, 1.54) is 0 Å². The largest absolute Gasteiger partial charge is 0.396 e. The van der Waals surface area contributed by atoms with Gasteiger partial charge in [0.25, 0.3) is 5.91 Å². The molecule has 2 rings (SSSR count). The van der Waals surface area contributed by atoms with Crippen LogP contribution in [0.3, 0.4) is 0 Å². The van der Waals surface area contributed by atoms with E-state index in [2.05, 4.69) is 10.3 Å². The van der Waals surface area contributed by atoms with Gasteiger partial charge in [0.2, 0.25) is 0 Å². The number of carbonyl (C=O) groups is 1. The number of nitrogens with one attached hydrogen (secondary N) is 1. The minimum Gasteiger partial charge on any atom is -0.396 e. The van der Waals surface area contributed by atoms with Crippen LogP contribution in [0.25, 0.3) is 10.9 Å². The van der Waals surface area contributed by atoms with E-state index in [0.717, 1.165) is 36.6 Å². The second kappa shape index (κ2) is 7.60. The molecule has 1 aromatic heterocycles. The van der Waals surface area contributed by atoms with Crippen molar-refractivity contribution in [3.8, 4) is 0 Å². The predicted molar refractivity (Wildman–Crippen MR) is 79.6 cm³/mol. The Bertz CT molecular complexity index is 564. The first kappa shape index (κ1) is 14.5. The molecule has 0 aliphatic carbocycles. The van der Waals surface area contributed by atoms with Gasteiger partial charge in [-0.25, -0.2) is 0 Å². The molecule has 0 aliphatic heterocycles. The van der Waals surface area contributed by atoms with Gasteiger partial charge in [-0.15, -0.1) is 0 Å². The van der Waals surface area contributed by atoms with Crippen molar-refractivity contribution < 1.29 is 9.90 Å². The molecule has 0 unspecified atom stereocenters. The summed E-state index contributed by atoms with van der Waals surface area (Å²) in [5, 5.41) is 12.6. The Hall–Kier alpha value is -1.94. The highest BCUT2D eigenvalue weighted by molar-refractivity contribution is 6.05. The third-order valence-electron chi connectivity index (χ3n) is 3.25. The van der Waals surface area contributed by atoms with Crippen molar-refractivity contribution in [2.45, 2.75) is 25.7 Å². The van der Waals surface area contributed by atoms with E-state index in [1.807, 2.05) is 24.3 Å². The molecule has 0 saturated carbocycles. The first-order chi connectivity index (χ1) is 9.83. The number of fused-ring (bicyclic) bond motifs is 1. The smallest absolute Gasteiger partial charge is 0.253 e. The summed E-state index contributed by atoms with van der Waals surface area (Å²) in [6.07, 6.45) is 5.50. The van der Waals surface area contributed by atoms with Gasteiger partial charge < -0.3 is 10.4 Å². The van der Waals surface area contributed by atoms with E-state index in [0.29, 0.717) is 12.1 Å². The zero-order valence-electron chi connectivity index (χ0n) is 11.5. The van der Waals surface area contributed by atoms with Crippen LogP contribution in [0, 0.1) is 0 Å². The van der Waals surface area contributed by atoms with E-state index in [-0.39, 0.29) is 12.5 Å². The Kier molecular flexibility index (Phi) is 5.50. The Balaban J connectivity index is 1.91. The molecule has 0 atom stereocenters. The number of benzene rings is 1. The van der Waals surface area contributed by atoms with E-state index >= 15 is 0 Å². The molecule has 106 valence electrons. The Labute approximate surface area is 118 Å². The number of pyridine rings is 1. The lowest BCUT2D eigenvalue weighted by Crippen LogP contribution is -2.24. The lowest BCUT2D eigenvalue weighted by Gasteiger charge is -2.07.